The van der Waals surface area contributed by atoms with Gasteiger partial charge in [0, 0.05) is 12.1 Å². The molecule has 1 heterocycles. The quantitative estimate of drug-likeness (QED) is 0.627. The van der Waals surface area contributed by atoms with Crippen LogP contribution in [-0.4, -0.2) is 36.0 Å². The van der Waals surface area contributed by atoms with Crippen molar-refractivity contribution in [1.82, 2.24) is 9.88 Å². The normalized spacial score (nSPS) is 15.6. The molecule has 0 radical (unpaired) electrons. The van der Waals surface area contributed by atoms with Crippen molar-refractivity contribution in [2.45, 2.75) is 29.0 Å². The minimum atomic E-state index is -3.77. The van der Waals surface area contributed by atoms with Gasteiger partial charge in [-0.05, 0) is 49.2 Å². The highest BCUT2D eigenvalue weighted by atomic mass is 35.5. The molecule has 1 aliphatic rings. The van der Waals surface area contributed by atoms with Crippen LogP contribution in [0.3, 0.4) is 0 Å². The monoisotopic (exact) mass is 420 g/mol. The Balaban J connectivity index is 1.58. The van der Waals surface area contributed by atoms with Crippen LogP contribution in [0.1, 0.15) is 17.8 Å². The minimum Gasteiger partial charge on any atom is -0.338 e. The molecule has 0 saturated heterocycles. The van der Waals surface area contributed by atoms with Crippen LogP contribution in [0.5, 0.6) is 0 Å². The number of benzene rings is 2. The zero-order chi connectivity index (χ0) is 19.2. The number of fused-ring (bicyclic) bond motifs is 1. The van der Waals surface area contributed by atoms with Gasteiger partial charge >= 0.3 is 0 Å². The lowest BCUT2D eigenvalue weighted by Crippen LogP contribution is -2.42. The Labute approximate surface area is 166 Å². The fraction of sp³-hybridized carbons (Fsp3) is 0.263. The van der Waals surface area contributed by atoms with E-state index in [2.05, 4.69) is 4.98 Å². The van der Waals surface area contributed by atoms with E-state index in [0.29, 0.717) is 17.9 Å². The molecule has 8 heteroatoms. The first kappa shape index (κ1) is 18.4. The van der Waals surface area contributed by atoms with Crippen LogP contribution in [0.25, 0.3) is 10.2 Å². The van der Waals surface area contributed by atoms with Gasteiger partial charge in [0.1, 0.15) is 5.01 Å². The molecule has 0 spiro atoms. The van der Waals surface area contributed by atoms with E-state index in [1.54, 1.807) is 7.05 Å². The fourth-order valence-electron chi connectivity index (χ4n) is 3.16. The topological polar surface area (TPSA) is 67.3 Å². The van der Waals surface area contributed by atoms with Gasteiger partial charge in [0.15, 0.2) is 14.6 Å². The molecule has 0 unspecified atom stereocenters. The van der Waals surface area contributed by atoms with Crippen LogP contribution >= 0.6 is 22.9 Å². The van der Waals surface area contributed by atoms with Gasteiger partial charge in [-0.15, -0.1) is 11.3 Å². The molecule has 140 valence electrons. The highest BCUT2D eigenvalue weighted by Gasteiger charge is 2.62. The summed E-state index contributed by atoms with van der Waals surface area (Å²) in [4.78, 5) is 19.2. The zero-order valence-electron chi connectivity index (χ0n) is 14.6. The molecule has 1 fully saturated rings. The number of rotatable bonds is 5. The average Bonchev–Trinajstić information content (AvgIpc) is 3.37. The van der Waals surface area contributed by atoms with E-state index in [0.717, 1.165) is 15.2 Å². The third kappa shape index (κ3) is 3.13. The second-order valence-electron chi connectivity index (χ2n) is 6.69. The van der Waals surface area contributed by atoms with Gasteiger partial charge in [0.25, 0.3) is 0 Å². The van der Waals surface area contributed by atoms with Gasteiger partial charge in [0.2, 0.25) is 5.91 Å². The van der Waals surface area contributed by atoms with E-state index in [1.807, 2.05) is 24.3 Å². The summed E-state index contributed by atoms with van der Waals surface area (Å²) in [5.74, 6) is -0.378. The highest BCUT2D eigenvalue weighted by molar-refractivity contribution is 7.94. The Kier molecular flexibility index (Phi) is 4.49. The maximum Gasteiger partial charge on any atom is 0.244 e. The maximum atomic E-state index is 13.1. The largest absolute Gasteiger partial charge is 0.338 e. The molecule has 5 nitrogen and oxygen atoms in total. The summed E-state index contributed by atoms with van der Waals surface area (Å²) in [6.07, 6.45) is 0.669. The van der Waals surface area contributed by atoms with Crippen molar-refractivity contribution in [3.8, 4) is 0 Å². The van der Waals surface area contributed by atoms with E-state index in [9.17, 15) is 13.2 Å². The molecule has 2 aromatic carbocycles. The van der Waals surface area contributed by atoms with Crippen LogP contribution in [0.4, 0.5) is 0 Å². The van der Waals surface area contributed by atoms with Crippen LogP contribution in [0.2, 0.25) is 5.02 Å². The number of sulfone groups is 1. The van der Waals surface area contributed by atoms with E-state index in [-0.39, 0.29) is 17.3 Å². The van der Waals surface area contributed by atoms with E-state index in [1.165, 1.54) is 40.5 Å². The molecule has 0 atom stereocenters. The number of aromatic nitrogens is 1. The van der Waals surface area contributed by atoms with E-state index in [4.69, 9.17) is 11.6 Å². The molecule has 0 aliphatic heterocycles. The Hall–Kier alpha value is -1.96. The molecule has 0 N–H and O–H groups in total. The summed E-state index contributed by atoms with van der Waals surface area (Å²) in [5, 5.41) is 1.24. The average molecular weight is 421 g/mol. The van der Waals surface area contributed by atoms with Crippen molar-refractivity contribution in [3.63, 3.8) is 0 Å². The van der Waals surface area contributed by atoms with Gasteiger partial charge in [-0.2, -0.15) is 0 Å². The Morgan fingerprint density at radius 1 is 1.19 bits per heavy atom. The summed E-state index contributed by atoms with van der Waals surface area (Å²) < 4.78 is 25.8. The lowest BCUT2D eigenvalue weighted by Gasteiger charge is -2.23. The molecule has 1 saturated carbocycles. The Morgan fingerprint density at radius 2 is 1.85 bits per heavy atom. The van der Waals surface area contributed by atoms with Gasteiger partial charge < -0.3 is 4.90 Å². The van der Waals surface area contributed by atoms with E-state index < -0.39 is 14.6 Å². The van der Waals surface area contributed by atoms with Crippen molar-refractivity contribution in [3.05, 3.63) is 58.6 Å². The molecule has 1 aliphatic carbocycles. The van der Waals surface area contributed by atoms with Crippen molar-refractivity contribution in [2.75, 3.05) is 7.05 Å². The lowest BCUT2D eigenvalue weighted by molar-refractivity contribution is -0.130. The lowest BCUT2D eigenvalue weighted by atomic mass is 10.3. The number of nitrogens with zero attached hydrogens (tertiary/aromatic N) is 2. The molecule has 1 amide bonds. The number of halogens is 1. The molecule has 27 heavy (non-hydrogen) atoms. The first-order valence-corrected chi connectivity index (χ1v) is 11.1. The van der Waals surface area contributed by atoms with Crippen molar-refractivity contribution < 1.29 is 13.2 Å². The van der Waals surface area contributed by atoms with Gasteiger partial charge in [-0.25, -0.2) is 13.4 Å². The first-order valence-electron chi connectivity index (χ1n) is 8.44. The highest BCUT2D eigenvalue weighted by Crippen LogP contribution is 2.48. The third-order valence-electron chi connectivity index (χ3n) is 4.79. The number of amides is 1. The Bertz CT molecular complexity index is 1090. The number of carbonyl (C=O) groups excluding carboxylic acids is 1. The molecular weight excluding hydrogens is 404 g/mol. The summed E-state index contributed by atoms with van der Waals surface area (Å²) in [6, 6.07) is 13.7. The maximum absolute atomic E-state index is 13.1. The second kappa shape index (κ2) is 6.58. The number of thiazole rings is 1. The summed E-state index contributed by atoms with van der Waals surface area (Å²) in [5.41, 5.74) is 0.883. The summed E-state index contributed by atoms with van der Waals surface area (Å²) in [7, 11) is -2.14. The van der Waals surface area contributed by atoms with Crippen molar-refractivity contribution in [2.24, 2.45) is 0 Å². The predicted molar refractivity (Wildman–Crippen MR) is 107 cm³/mol. The minimum absolute atomic E-state index is 0.131. The SMILES string of the molecule is CN(Cc1nc2ccccc2s1)C(=O)C1(S(=O)(=O)c2ccc(Cl)cc2)CC1. The molecule has 1 aromatic heterocycles. The van der Waals surface area contributed by atoms with Crippen LogP contribution in [0, 0.1) is 0 Å². The number of hydrogen-bond donors (Lipinski definition) is 0. The van der Waals surface area contributed by atoms with Crippen molar-refractivity contribution in [1.29, 1.82) is 0 Å². The zero-order valence-corrected chi connectivity index (χ0v) is 16.9. The van der Waals surface area contributed by atoms with Crippen LogP contribution in [-0.2, 0) is 21.2 Å². The first-order chi connectivity index (χ1) is 12.8. The predicted octanol–water partition coefficient (Wildman–Crippen LogP) is 3.91. The van der Waals surface area contributed by atoms with Crippen LogP contribution < -0.4 is 0 Å². The fourth-order valence-corrected chi connectivity index (χ4v) is 6.28. The third-order valence-corrected chi connectivity index (χ3v) is 8.57. The summed E-state index contributed by atoms with van der Waals surface area (Å²) in [6.45, 7) is 0.288. The Morgan fingerprint density at radius 3 is 2.48 bits per heavy atom. The standard InChI is InChI=1S/C19H17ClN2O3S2/c1-22(12-17-21-15-4-2-3-5-16(15)26-17)18(23)19(10-11-19)27(24,25)14-8-6-13(20)7-9-14/h2-9H,10-12H2,1H3. The molecule has 0 bridgehead atoms. The summed E-state index contributed by atoms with van der Waals surface area (Å²) >= 11 is 7.36. The molecule has 3 aromatic rings. The molecular formula is C19H17ClN2O3S2. The van der Waals surface area contributed by atoms with Gasteiger partial charge in [-0.3, -0.25) is 4.79 Å². The molecule has 4 rings (SSSR count). The number of carbonyl (C=O) groups is 1. The smallest absolute Gasteiger partial charge is 0.244 e. The van der Waals surface area contributed by atoms with E-state index >= 15 is 0 Å². The van der Waals surface area contributed by atoms with Gasteiger partial charge in [-0.1, -0.05) is 23.7 Å². The second-order valence-corrected chi connectivity index (χ2v) is 10.5. The van der Waals surface area contributed by atoms with Crippen LogP contribution in [0.15, 0.2) is 53.4 Å². The number of para-hydroxylation sites is 1. The van der Waals surface area contributed by atoms with Gasteiger partial charge in [0.05, 0.1) is 21.7 Å². The number of hydrogen-bond acceptors (Lipinski definition) is 5. The van der Waals surface area contributed by atoms with Crippen molar-refractivity contribution >= 4 is 48.9 Å².